The van der Waals surface area contributed by atoms with Gasteiger partial charge in [-0.1, -0.05) is 11.3 Å². The molecular weight excluding hydrogens is 294 g/mol. The summed E-state index contributed by atoms with van der Waals surface area (Å²) < 4.78 is 4.59. The minimum atomic E-state index is -0.643. The van der Waals surface area contributed by atoms with Gasteiger partial charge in [0.1, 0.15) is 4.88 Å². The van der Waals surface area contributed by atoms with Gasteiger partial charge in [-0.2, -0.15) is 0 Å². The fraction of sp³-hybridized carbons (Fsp3) is 0.538. The lowest BCUT2D eigenvalue weighted by Gasteiger charge is -2.03. The molecule has 1 aromatic rings. The van der Waals surface area contributed by atoms with Crippen molar-refractivity contribution in [3.8, 4) is 0 Å². The van der Waals surface area contributed by atoms with Gasteiger partial charge >= 0.3 is 5.97 Å². The first kappa shape index (κ1) is 15.4. The number of hydrogen-bond donors (Lipinski definition) is 2. The van der Waals surface area contributed by atoms with Crippen molar-refractivity contribution in [1.29, 1.82) is 0 Å². The Morgan fingerprint density at radius 2 is 2.10 bits per heavy atom. The number of aromatic nitrogens is 1. The van der Waals surface area contributed by atoms with Gasteiger partial charge in [-0.05, 0) is 12.8 Å². The predicted molar refractivity (Wildman–Crippen MR) is 77.7 cm³/mol. The number of nitrogens with one attached hydrogen (secondary N) is 2. The quantitative estimate of drug-likeness (QED) is 0.580. The first-order valence-corrected chi connectivity index (χ1v) is 7.46. The minimum absolute atomic E-state index is 0.0125. The first-order chi connectivity index (χ1) is 10.0. The molecule has 114 valence electrons. The Bertz CT molecular complexity index is 566. The number of nitrogens with zero attached hydrogens (tertiary/aromatic N) is 1. The molecule has 8 heteroatoms. The van der Waals surface area contributed by atoms with Gasteiger partial charge < -0.3 is 15.4 Å². The van der Waals surface area contributed by atoms with E-state index in [4.69, 9.17) is 0 Å². The number of carbonyl (C=O) groups is 3. The monoisotopic (exact) mass is 311 g/mol. The molecule has 0 unspecified atom stereocenters. The molecule has 0 bridgehead atoms. The number of anilines is 1. The number of methoxy groups -OCH3 is 1. The summed E-state index contributed by atoms with van der Waals surface area (Å²) in [6.45, 7) is 1.76. The predicted octanol–water partition coefficient (Wildman–Crippen LogP) is 1.21. The van der Waals surface area contributed by atoms with Gasteiger partial charge in [0.05, 0.1) is 7.11 Å². The molecular formula is C13H17N3O4S. The third-order valence-electron chi connectivity index (χ3n) is 2.90. The molecule has 0 radical (unpaired) electrons. The van der Waals surface area contributed by atoms with Crippen LogP contribution in [0.4, 0.5) is 5.13 Å². The Balaban J connectivity index is 1.91. The summed E-state index contributed by atoms with van der Waals surface area (Å²) in [4.78, 5) is 38.9. The van der Waals surface area contributed by atoms with Crippen LogP contribution in [0.25, 0.3) is 0 Å². The summed E-state index contributed by atoms with van der Waals surface area (Å²) in [5, 5.41) is 6.26. The van der Waals surface area contributed by atoms with Crippen molar-refractivity contribution in [3.63, 3.8) is 0 Å². The van der Waals surface area contributed by atoms with Gasteiger partial charge in [-0.15, -0.1) is 0 Å². The number of carbonyl (C=O) groups excluding carboxylic acids is 3. The van der Waals surface area contributed by atoms with Crippen LogP contribution in [0.3, 0.4) is 0 Å². The normalized spacial score (nSPS) is 13.6. The van der Waals surface area contributed by atoms with Gasteiger partial charge in [0, 0.05) is 25.9 Å². The molecule has 0 aliphatic heterocycles. The van der Waals surface area contributed by atoms with E-state index in [1.807, 2.05) is 0 Å². The summed E-state index contributed by atoms with van der Waals surface area (Å²) in [6, 6.07) is 0.340. The fourth-order valence-electron chi connectivity index (χ4n) is 1.68. The molecule has 0 aromatic carbocycles. The van der Waals surface area contributed by atoms with E-state index in [2.05, 4.69) is 20.4 Å². The maximum Gasteiger partial charge on any atom is 0.358 e. The average Bonchev–Trinajstić information content (AvgIpc) is 3.14. The zero-order valence-corrected chi connectivity index (χ0v) is 12.7. The van der Waals surface area contributed by atoms with Gasteiger partial charge in [0.25, 0.3) is 0 Å². The Hall–Kier alpha value is -1.96. The Kier molecular flexibility index (Phi) is 4.89. The van der Waals surface area contributed by atoms with Crippen molar-refractivity contribution < 1.29 is 19.1 Å². The lowest BCUT2D eigenvalue weighted by atomic mass is 10.3. The molecule has 1 aliphatic rings. The zero-order valence-electron chi connectivity index (χ0n) is 11.9. The van der Waals surface area contributed by atoms with Crippen molar-refractivity contribution >= 4 is 34.1 Å². The van der Waals surface area contributed by atoms with Crippen LogP contribution in [0.2, 0.25) is 0 Å². The second kappa shape index (κ2) is 6.66. The summed E-state index contributed by atoms with van der Waals surface area (Å²) in [5.41, 5.74) is 0.0138. The van der Waals surface area contributed by atoms with Gasteiger partial charge in [0.2, 0.25) is 5.91 Å². The highest BCUT2D eigenvalue weighted by Crippen LogP contribution is 2.24. The van der Waals surface area contributed by atoms with E-state index in [-0.39, 0.29) is 22.3 Å². The van der Waals surface area contributed by atoms with Gasteiger partial charge in [0.15, 0.2) is 16.6 Å². The van der Waals surface area contributed by atoms with Crippen LogP contribution in [0, 0.1) is 0 Å². The Labute approximate surface area is 126 Å². The molecule has 2 rings (SSSR count). The van der Waals surface area contributed by atoms with Crippen molar-refractivity contribution in [2.45, 2.75) is 32.2 Å². The average molecular weight is 311 g/mol. The molecule has 2 N–H and O–H groups in total. The van der Waals surface area contributed by atoms with E-state index in [0.29, 0.717) is 24.1 Å². The molecule has 1 aromatic heterocycles. The SMILES string of the molecule is COC(=O)c1nc(NCCC(=O)NC2CC2)sc1C(C)=O. The van der Waals surface area contributed by atoms with Gasteiger partial charge in [-0.3, -0.25) is 9.59 Å². The summed E-state index contributed by atoms with van der Waals surface area (Å²) in [5.74, 6) is -0.898. The highest BCUT2D eigenvalue weighted by Gasteiger charge is 2.23. The van der Waals surface area contributed by atoms with Crippen molar-refractivity contribution in [1.82, 2.24) is 10.3 Å². The molecule has 1 fully saturated rings. The summed E-state index contributed by atoms with van der Waals surface area (Å²) >= 11 is 1.08. The van der Waals surface area contributed by atoms with E-state index < -0.39 is 5.97 Å². The molecule has 0 spiro atoms. The third kappa shape index (κ3) is 4.25. The van der Waals surface area contributed by atoms with Crippen LogP contribution in [0.1, 0.15) is 46.3 Å². The van der Waals surface area contributed by atoms with E-state index in [0.717, 1.165) is 24.2 Å². The van der Waals surface area contributed by atoms with Crippen molar-refractivity contribution in [2.75, 3.05) is 19.0 Å². The van der Waals surface area contributed by atoms with E-state index in [9.17, 15) is 14.4 Å². The zero-order chi connectivity index (χ0) is 15.4. The van der Waals surface area contributed by atoms with Crippen LogP contribution in [-0.4, -0.2) is 42.3 Å². The highest BCUT2D eigenvalue weighted by molar-refractivity contribution is 7.17. The Morgan fingerprint density at radius 3 is 2.67 bits per heavy atom. The van der Waals surface area contributed by atoms with Crippen molar-refractivity contribution in [3.05, 3.63) is 10.6 Å². The topological polar surface area (TPSA) is 97.4 Å². The number of rotatable bonds is 7. The summed E-state index contributed by atoms with van der Waals surface area (Å²) in [6.07, 6.45) is 2.42. The molecule has 0 atom stereocenters. The van der Waals surface area contributed by atoms with Crippen LogP contribution < -0.4 is 10.6 Å². The van der Waals surface area contributed by atoms with Crippen LogP contribution in [0.5, 0.6) is 0 Å². The third-order valence-corrected chi connectivity index (χ3v) is 4.01. The van der Waals surface area contributed by atoms with Crippen LogP contribution in [0.15, 0.2) is 0 Å². The number of ketones is 1. The van der Waals surface area contributed by atoms with Crippen molar-refractivity contribution in [2.24, 2.45) is 0 Å². The maximum atomic E-state index is 11.5. The largest absolute Gasteiger partial charge is 0.464 e. The number of thiazole rings is 1. The van der Waals surface area contributed by atoms with E-state index >= 15 is 0 Å². The molecule has 1 amide bonds. The Morgan fingerprint density at radius 1 is 1.38 bits per heavy atom. The maximum absolute atomic E-state index is 11.5. The smallest absolute Gasteiger partial charge is 0.358 e. The number of esters is 1. The molecule has 1 saturated carbocycles. The van der Waals surface area contributed by atoms with E-state index in [1.165, 1.54) is 14.0 Å². The van der Waals surface area contributed by atoms with Crippen LogP contribution >= 0.6 is 11.3 Å². The molecule has 0 saturated heterocycles. The first-order valence-electron chi connectivity index (χ1n) is 6.64. The number of amides is 1. The highest BCUT2D eigenvalue weighted by atomic mass is 32.1. The second-order valence-corrected chi connectivity index (χ2v) is 5.76. The second-order valence-electron chi connectivity index (χ2n) is 4.76. The standard InChI is InChI=1S/C13H17N3O4S/c1-7(17)11-10(12(19)20-2)16-13(21-11)14-6-5-9(18)15-8-3-4-8/h8H,3-6H2,1-2H3,(H,14,16)(H,15,18). The molecule has 1 aliphatic carbocycles. The number of ether oxygens (including phenoxy) is 1. The minimum Gasteiger partial charge on any atom is -0.464 e. The van der Waals surface area contributed by atoms with Gasteiger partial charge in [-0.25, -0.2) is 9.78 Å². The van der Waals surface area contributed by atoms with E-state index in [1.54, 1.807) is 0 Å². The molecule has 1 heterocycles. The lowest BCUT2D eigenvalue weighted by molar-refractivity contribution is -0.120. The lowest BCUT2D eigenvalue weighted by Crippen LogP contribution is -2.27. The fourth-order valence-corrected chi connectivity index (χ4v) is 2.55. The molecule has 21 heavy (non-hydrogen) atoms. The molecule has 7 nitrogen and oxygen atoms in total. The summed E-state index contributed by atoms with van der Waals surface area (Å²) in [7, 11) is 1.24. The number of hydrogen-bond acceptors (Lipinski definition) is 7. The number of Topliss-reactive ketones (excluding diaryl/α,β-unsaturated/α-hetero) is 1. The van der Waals surface area contributed by atoms with Crippen LogP contribution in [-0.2, 0) is 9.53 Å².